The minimum atomic E-state index is 0.436. The molecule has 0 heterocycles. The van der Waals surface area contributed by atoms with Crippen LogP contribution in [0.25, 0.3) is 0 Å². The number of hydrogen-bond acceptors (Lipinski definition) is 1. The molecule has 0 aliphatic heterocycles. The lowest BCUT2D eigenvalue weighted by Gasteiger charge is -2.15. The van der Waals surface area contributed by atoms with Gasteiger partial charge in [0.2, 0.25) is 0 Å². The van der Waals surface area contributed by atoms with Crippen molar-refractivity contribution in [3.05, 3.63) is 35.9 Å². The average molecular weight is 276 g/mol. The first-order valence-corrected chi connectivity index (χ1v) is 8.43. The van der Waals surface area contributed by atoms with Crippen LogP contribution in [-0.2, 0) is 11.2 Å². The molecular weight excluding hydrogens is 244 g/mol. The predicted molar refractivity (Wildman–Crippen MR) is 88.2 cm³/mol. The van der Waals surface area contributed by atoms with Crippen LogP contribution in [0.2, 0.25) is 0 Å². The Morgan fingerprint density at radius 3 is 2.15 bits per heavy atom. The Labute approximate surface area is 125 Å². The molecule has 1 nitrogen and oxygen atoms in total. The highest BCUT2D eigenvalue weighted by atomic mass is 16.5. The van der Waals surface area contributed by atoms with Gasteiger partial charge in [-0.05, 0) is 24.8 Å². The van der Waals surface area contributed by atoms with Gasteiger partial charge in [0, 0.05) is 7.11 Å². The molecule has 1 aromatic rings. The molecule has 0 radical (unpaired) electrons. The number of aryl methyl sites for hydroxylation is 1. The molecule has 114 valence electrons. The van der Waals surface area contributed by atoms with Crippen molar-refractivity contribution in [2.75, 3.05) is 7.11 Å². The van der Waals surface area contributed by atoms with Crippen molar-refractivity contribution >= 4 is 0 Å². The normalized spacial score (nSPS) is 12.5. The lowest BCUT2D eigenvalue weighted by Crippen LogP contribution is -2.11. The molecule has 20 heavy (non-hydrogen) atoms. The van der Waals surface area contributed by atoms with Gasteiger partial charge in [-0.2, -0.15) is 0 Å². The lowest BCUT2D eigenvalue weighted by atomic mass is 10.0. The van der Waals surface area contributed by atoms with Crippen LogP contribution in [0, 0.1) is 0 Å². The molecule has 1 aromatic carbocycles. The standard InChI is InChI=1S/C19H32O/c1-3-4-5-6-7-8-12-15-19(20-2)17-16-18-13-10-9-11-14-18/h9-11,13-14,19H,3-8,12,15-17H2,1-2H3. The number of methoxy groups -OCH3 is 1. The average Bonchev–Trinajstić information content (AvgIpc) is 2.50. The fraction of sp³-hybridized carbons (Fsp3) is 0.684. The van der Waals surface area contributed by atoms with Crippen molar-refractivity contribution in [1.29, 1.82) is 0 Å². The first-order chi connectivity index (χ1) is 9.86. The maximum atomic E-state index is 5.62. The van der Waals surface area contributed by atoms with Gasteiger partial charge in [0.15, 0.2) is 0 Å². The molecule has 0 bridgehead atoms. The molecule has 0 N–H and O–H groups in total. The molecule has 1 rings (SSSR count). The van der Waals surface area contributed by atoms with Crippen LogP contribution in [0.15, 0.2) is 30.3 Å². The molecule has 1 unspecified atom stereocenters. The summed E-state index contributed by atoms with van der Waals surface area (Å²) in [7, 11) is 1.86. The minimum absolute atomic E-state index is 0.436. The third-order valence-electron chi connectivity index (χ3n) is 4.06. The molecule has 0 amide bonds. The van der Waals surface area contributed by atoms with Crippen LogP contribution in [0.1, 0.15) is 70.3 Å². The smallest absolute Gasteiger partial charge is 0.0574 e. The van der Waals surface area contributed by atoms with Gasteiger partial charge in [-0.25, -0.2) is 0 Å². The van der Waals surface area contributed by atoms with Crippen LogP contribution in [0.4, 0.5) is 0 Å². The Hall–Kier alpha value is -0.820. The third-order valence-corrected chi connectivity index (χ3v) is 4.06. The molecule has 0 aliphatic rings. The molecular formula is C19H32O. The van der Waals surface area contributed by atoms with Gasteiger partial charge in [-0.3, -0.25) is 0 Å². The summed E-state index contributed by atoms with van der Waals surface area (Å²) in [5, 5.41) is 0. The Balaban J connectivity index is 2.04. The van der Waals surface area contributed by atoms with Crippen molar-refractivity contribution in [1.82, 2.24) is 0 Å². The fourth-order valence-corrected chi connectivity index (χ4v) is 2.68. The zero-order chi connectivity index (χ0) is 14.5. The molecule has 0 spiro atoms. The van der Waals surface area contributed by atoms with Crippen LogP contribution < -0.4 is 0 Å². The van der Waals surface area contributed by atoms with Gasteiger partial charge in [0.1, 0.15) is 0 Å². The lowest BCUT2D eigenvalue weighted by molar-refractivity contribution is 0.0858. The van der Waals surface area contributed by atoms with Crippen molar-refractivity contribution in [3.8, 4) is 0 Å². The fourth-order valence-electron chi connectivity index (χ4n) is 2.68. The number of unbranched alkanes of at least 4 members (excludes halogenated alkanes) is 6. The minimum Gasteiger partial charge on any atom is -0.381 e. The first kappa shape index (κ1) is 17.2. The van der Waals surface area contributed by atoms with E-state index < -0.39 is 0 Å². The second-order valence-corrected chi connectivity index (χ2v) is 5.79. The van der Waals surface area contributed by atoms with E-state index in [0.29, 0.717) is 6.10 Å². The first-order valence-electron chi connectivity index (χ1n) is 8.43. The topological polar surface area (TPSA) is 9.23 Å². The van der Waals surface area contributed by atoms with E-state index in [2.05, 4.69) is 37.3 Å². The van der Waals surface area contributed by atoms with Crippen molar-refractivity contribution < 1.29 is 4.74 Å². The quantitative estimate of drug-likeness (QED) is 0.440. The maximum absolute atomic E-state index is 5.62. The largest absolute Gasteiger partial charge is 0.381 e. The van der Waals surface area contributed by atoms with E-state index in [4.69, 9.17) is 4.74 Å². The molecule has 0 saturated heterocycles. The summed E-state index contributed by atoms with van der Waals surface area (Å²) in [6.45, 7) is 2.27. The van der Waals surface area contributed by atoms with Gasteiger partial charge < -0.3 is 4.74 Å². The van der Waals surface area contributed by atoms with E-state index in [1.165, 1.54) is 56.9 Å². The molecule has 0 fully saturated rings. The van der Waals surface area contributed by atoms with E-state index in [9.17, 15) is 0 Å². The highest BCUT2D eigenvalue weighted by molar-refractivity contribution is 5.14. The molecule has 0 aliphatic carbocycles. The molecule has 0 saturated carbocycles. The number of rotatable bonds is 12. The highest BCUT2D eigenvalue weighted by Crippen LogP contribution is 2.15. The summed E-state index contributed by atoms with van der Waals surface area (Å²) < 4.78 is 5.62. The molecule has 1 heteroatoms. The molecule has 1 atom stereocenters. The van der Waals surface area contributed by atoms with E-state index in [-0.39, 0.29) is 0 Å². The van der Waals surface area contributed by atoms with Gasteiger partial charge >= 0.3 is 0 Å². The summed E-state index contributed by atoms with van der Waals surface area (Å²) in [6.07, 6.45) is 13.6. The maximum Gasteiger partial charge on any atom is 0.0574 e. The summed E-state index contributed by atoms with van der Waals surface area (Å²) in [5.74, 6) is 0. The van der Waals surface area contributed by atoms with Gasteiger partial charge in [0.25, 0.3) is 0 Å². The van der Waals surface area contributed by atoms with Crippen LogP contribution >= 0.6 is 0 Å². The Morgan fingerprint density at radius 1 is 0.850 bits per heavy atom. The SMILES string of the molecule is CCCCCCCCCC(CCc1ccccc1)OC. The van der Waals surface area contributed by atoms with Crippen LogP contribution in [-0.4, -0.2) is 13.2 Å². The Bertz CT molecular complexity index is 307. The van der Waals surface area contributed by atoms with E-state index in [1.54, 1.807) is 0 Å². The third kappa shape index (κ3) is 8.37. The Morgan fingerprint density at radius 2 is 1.50 bits per heavy atom. The monoisotopic (exact) mass is 276 g/mol. The summed E-state index contributed by atoms with van der Waals surface area (Å²) in [5.41, 5.74) is 1.43. The highest BCUT2D eigenvalue weighted by Gasteiger charge is 2.07. The van der Waals surface area contributed by atoms with Crippen molar-refractivity contribution in [2.24, 2.45) is 0 Å². The summed E-state index contributed by atoms with van der Waals surface area (Å²) >= 11 is 0. The summed E-state index contributed by atoms with van der Waals surface area (Å²) in [6, 6.07) is 10.7. The number of hydrogen-bond donors (Lipinski definition) is 0. The van der Waals surface area contributed by atoms with Crippen LogP contribution in [0.3, 0.4) is 0 Å². The van der Waals surface area contributed by atoms with Crippen molar-refractivity contribution in [2.45, 2.75) is 77.2 Å². The van der Waals surface area contributed by atoms with E-state index in [0.717, 1.165) is 12.8 Å². The zero-order valence-electron chi connectivity index (χ0n) is 13.4. The Kier molecular flexibility index (Phi) is 10.3. The second kappa shape index (κ2) is 12.0. The van der Waals surface area contributed by atoms with E-state index >= 15 is 0 Å². The van der Waals surface area contributed by atoms with Gasteiger partial charge in [0.05, 0.1) is 6.10 Å². The van der Waals surface area contributed by atoms with Crippen molar-refractivity contribution in [3.63, 3.8) is 0 Å². The molecule has 0 aromatic heterocycles. The second-order valence-electron chi connectivity index (χ2n) is 5.79. The number of benzene rings is 1. The predicted octanol–water partition coefficient (Wildman–Crippen LogP) is 5.77. The van der Waals surface area contributed by atoms with Gasteiger partial charge in [-0.1, -0.05) is 82.2 Å². The zero-order valence-corrected chi connectivity index (χ0v) is 13.4. The van der Waals surface area contributed by atoms with E-state index in [1.807, 2.05) is 7.11 Å². The summed E-state index contributed by atoms with van der Waals surface area (Å²) in [4.78, 5) is 0. The van der Waals surface area contributed by atoms with Crippen LogP contribution in [0.5, 0.6) is 0 Å². The number of ether oxygens (including phenoxy) is 1. The van der Waals surface area contributed by atoms with Gasteiger partial charge in [-0.15, -0.1) is 0 Å².